The fourth-order valence-electron chi connectivity index (χ4n) is 2.72. The summed E-state index contributed by atoms with van der Waals surface area (Å²) in [5.74, 6) is 0.666. The fourth-order valence-corrected chi connectivity index (χ4v) is 3.49. The van der Waals surface area contributed by atoms with Crippen molar-refractivity contribution in [3.63, 3.8) is 0 Å². The Morgan fingerprint density at radius 1 is 1.11 bits per heavy atom. The molecular formula is C19H18N6O2S. The van der Waals surface area contributed by atoms with E-state index in [9.17, 15) is 4.79 Å². The first-order chi connectivity index (χ1) is 13.7. The van der Waals surface area contributed by atoms with Crippen molar-refractivity contribution in [1.29, 1.82) is 0 Å². The number of anilines is 1. The Bertz CT molecular complexity index is 1090. The molecule has 0 saturated carbocycles. The number of hydrogen-bond acceptors (Lipinski definition) is 7. The van der Waals surface area contributed by atoms with Gasteiger partial charge in [0.05, 0.1) is 18.7 Å². The summed E-state index contributed by atoms with van der Waals surface area (Å²) < 4.78 is 7.16. The number of nitrogens with one attached hydrogen (secondary N) is 1. The van der Waals surface area contributed by atoms with E-state index in [4.69, 9.17) is 4.74 Å². The number of carbonyl (C=O) groups excluding carboxylic acids is 1. The van der Waals surface area contributed by atoms with Crippen molar-refractivity contribution >= 4 is 33.4 Å². The standard InChI is InChI=1S/C19H18N6O2S/c1-2-27-14-9-7-13(8-10-14)18-22-23-19(28-18)20-17(26)11-12-25-16-6-4-3-5-15(16)21-24-25/h3-10H,2,11-12H2,1H3,(H,20,23,26). The van der Waals surface area contributed by atoms with Gasteiger partial charge in [0.1, 0.15) is 16.3 Å². The van der Waals surface area contributed by atoms with Crippen LogP contribution in [0.25, 0.3) is 21.6 Å². The van der Waals surface area contributed by atoms with Gasteiger partial charge in [0.2, 0.25) is 11.0 Å². The highest BCUT2D eigenvalue weighted by Crippen LogP contribution is 2.27. The molecule has 2 aromatic heterocycles. The molecule has 0 bridgehead atoms. The van der Waals surface area contributed by atoms with Crippen LogP contribution in [-0.2, 0) is 11.3 Å². The summed E-state index contributed by atoms with van der Waals surface area (Å²) in [5, 5.41) is 20.4. The zero-order chi connectivity index (χ0) is 19.3. The summed E-state index contributed by atoms with van der Waals surface area (Å²) in [7, 11) is 0. The fraction of sp³-hybridized carbons (Fsp3) is 0.211. The molecule has 4 aromatic rings. The van der Waals surface area contributed by atoms with Crippen molar-refractivity contribution in [3.05, 3.63) is 48.5 Å². The van der Waals surface area contributed by atoms with Crippen molar-refractivity contribution < 1.29 is 9.53 Å². The maximum absolute atomic E-state index is 12.3. The summed E-state index contributed by atoms with van der Waals surface area (Å²) in [6, 6.07) is 15.3. The molecule has 2 aromatic carbocycles. The highest BCUT2D eigenvalue weighted by molar-refractivity contribution is 7.18. The molecule has 2 heterocycles. The Hall–Kier alpha value is -3.33. The van der Waals surface area contributed by atoms with E-state index in [-0.39, 0.29) is 12.3 Å². The molecule has 0 spiro atoms. The minimum absolute atomic E-state index is 0.144. The van der Waals surface area contributed by atoms with Gasteiger partial charge < -0.3 is 10.1 Å². The lowest BCUT2D eigenvalue weighted by Gasteiger charge is -2.03. The Balaban J connectivity index is 1.36. The van der Waals surface area contributed by atoms with Crippen LogP contribution >= 0.6 is 11.3 Å². The van der Waals surface area contributed by atoms with Gasteiger partial charge in [0.15, 0.2) is 0 Å². The smallest absolute Gasteiger partial charge is 0.228 e. The number of nitrogens with zero attached hydrogens (tertiary/aromatic N) is 5. The molecule has 0 atom stereocenters. The molecule has 8 nitrogen and oxygen atoms in total. The van der Waals surface area contributed by atoms with Crippen LogP contribution in [0.3, 0.4) is 0 Å². The van der Waals surface area contributed by atoms with E-state index < -0.39 is 0 Å². The van der Waals surface area contributed by atoms with E-state index in [2.05, 4.69) is 25.8 Å². The molecule has 0 saturated heterocycles. The third kappa shape index (κ3) is 3.99. The average molecular weight is 394 g/mol. The predicted molar refractivity (Wildman–Crippen MR) is 107 cm³/mol. The third-order valence-electron chi connectivity index (χ3n) is 4.05. The van der Waals surface area contributed by atoms with Crippen LogP contribution in [0.4, 0.5) is 5.13 Å². The van der Waals surface area contributed by atoms with Crippen LogP contribution in [0, 0.1) is 0 Å². The lowest BCUT2D eigenvalue weighted by Crippen LogP contribution is -2.15. The Morgan fingerprint density at radius 3 is 2.75 bits per heavy atom. The molecular weight excluding hydrogens is 376 g/mol. The number of hydrogen-bond donors (Lipinski definition) is 1. The normalized spacial score (nSPS) is 10.9. The second-order valence-electron chi connectivity index (χ2n) is 5.97. The first-order valence-electron chi connectivity index (χ1n) is 8.88. The van der Waals surface area contributed by atoms with Gasteiger partial charge in [-0.25, -0.2) is 4.68 Å². The average Bonchev–Trinajstić information content (AvgIpc) is 3.34. The largest absolute Gasteiger partial charge is 0.494 e. The first kappa shape index (κ1) is 18.1. The minimum Gasteiger partial charge on any atom is -0.494 e. The molecule has 0 aliphatic rings. The Kier molecular flexibility index (Phi) is 5.24. The van der Waals surface area contributed by atoms with E-state index in [1.54, 1.807) is 4.68 Å². The van der Waals surface area contributed by atoms with Gasteiger partial charge in [-0.1, -0.05) is 28.7 Å². The third-order valence-corrected chi connectivity index (χ3v) is 4.94. The Labute approximate surface area is 165 Å². The van der Waals surface area contributed by atoms with Gasteiger partial charge in [-0.05, 0) is 43.3 Å². The van der Waals surface area contributed by atoms with Gasteiger partial charge in [0.25, 0.3) is 0 Å². The van der Waals surface area contributed by atoms with Crippen molar-refractivity contribution in [1.82, 2.24) is 25.2 Å². The van der Waals surface area contributed by atoms with E-state index in [1.807, 2.05) is 55.5 Å². The zero-order valence-electron chi connectivity index (χ0n) is 15.2. The Morgan fingerprint density at radius 2 is 1.93 bits per heavy atom. The molecule has 142 valence electrons. The molecule has 0 radical (unpaired) electrons. The van der Waals surface area contributed by atoms with Crippen LogP contribution in [-0.4, -0.2) is 37.7 Å². The summed E-state index contributed by atoms with van der Waals surface area (Å²) in [5.41, 5.74) is 2.64. The number of aromatic nitrogens is 5. The van der Waals surface area contributed by atoms with Crippen molar-refractivity contribution in [2.45, 2.75) is 19.9 Å². The van der Waals surface area contributed by atoms with Crippen molar-refractivity contribution in [3.8, 4) is 16.3 Å². The molecule has 0 fully saturated rings. The quantitative estimate of drug-likeness (QED) is 0.516. The monoisotopic (exact) mass is 394 g/mol. The zero-order valence-corrected chi connectivity index (χ0v) is 16.0. The lowest BCUT2D eigenvalue weighted by molar-refractivity contribution is -0.116. The first-order valence-corrected chi connectivity index (χ1v) is 9.69. The number of aryl methyl sites for hydroxylation is 1. The molecule has 1 amide bonds. The number of fused-ring (bicyclic) bond motifs is 1. The number of amides is 1. The summed E-state index contributed by atoms with van der Waals surface area (Å²) in [6.45, 7) is 3.01. The SMILES string of the molecule is CCOc1ccc(-c2nnc(NC(=O)CCn3nnc4ccccc43)s2)cc1. The second kappa shape index (κ2) is 8.13. The van der Waals surface area contributed by atoms with Crippen LogP contribution in [0.15, 0.2) is 48.5 Å². The van der Waals surface area contributed by atoms with Crippen LogP contribution < -0.4 is 10.1 Å². The number of benzene rings is 2. The second-order valence-corrected chi connectivity index (χ2v) is 6.95. The summed E-state index contributed by atoms with van der Waals surface area (Å²) in [6.07, 6.45) is 0.269. The highest BCUT2D eigenvalue weighted by atomic mass is 32.1. The number of para-hydroxylation sites is 1. The molecule has 1 N–H and O–H groups in total. The van der Waals surface area contributed by atoms with Gasteiger partial charge in [-0.15, -0.1) is 15.3 Å². The topological polar surface area (TPSA) is 94.8 Å². The van der Waals surface area contributed by atoms with Gasteiger partial charge in [-0.2, -0.15) is 0 Å². The van der Waals surface area contributed by atoms with Crippen molar-refractivity contribution in [2.75, 3.05) is 11.9 Å². The van der Waals surface area contributed by atoms with Crippen LogP contribution in [0.1, 0.15) is 13.3 Å². The van der Waals surface area contributed by atoms with Gasteiger partial charge >= 0.3 is 0 Å². The van der Waals surface area contributed by atoms with Crippen LogP contribution in [0.2, 0.25) is 0 Å². The summed E-state index contributed by atoms with van der Waals surface area (Å²) in [4.78, 5) is 12.3. The molecule has 0 unspecified atom stereocenters. The summed E-state index contributed by atoms with van der Waals surface area (Å²) >= 11 is 1.33. The van der Waals surface area contributed by atoms with Gasteiger partial charge in [-0.3, -0.25) is 4.79 Å². The number of carbonyl (C=O) groups is 1. The van der Waals surface area contributed by atoms with Crippen molar-refractivity contribution in [2.24, 2.45) is 0 Å². The van der Waals surface area contributed by atoms with E-state index in [0.717, 1.165) is 27.4 Å². The van der Waals surface area contributed by atoms with E-state index in [1.165, 1.54) is 11.3 Å². The molecule has 0 aliphatic carbocycles. The maximum Gasteiger partial charge on any atom is 0.228 e. The van der Waals surface area contributed by atoms with Crippen LogP contribution in [0.5, 0.6) is 5.75 Å². The molecule has 28 heavy (non-hydrogen) atoms. The highest BCUT2D eigenvalue weighted by Gasteiger charge is 2.11. The molecule has 9 heteroatoms. The molecule has 4 rings (SSSR count). The number of ether oxygens (including phenoxy) is 1. The lowest BCUT2D eigenvalue weighted by atomic mass is 10.2. The molecule has 0 aliphatic heterocycles. The predicted octanol–water partition coefficient (Wildman–Crippen LogP) is 3.38. The number of rotatable bonds is 7. The van der Waals surface area contributed by atoms with E-state index in [0.29, 0.717) is 18.3 Å². The minimum atomic E-state index is -0.144. The van der Waals surface area contributed by atoms with Gasteiger partial charge in [0, 0.05) is 12.0 Å². The maximum atomic E-state index is 12.3. The van der Waals surface area contributed by atoms with E-state index >= 15 is 0 Å².